The van der Waals surface area contributed by atoms with E-state index in [1.165, 1.54) is 6.20 Å². The Morgan fingerprint density at radius 2 is 1.90 bits per heavy atom. The predicted octanol–water partition coefficient (Wildman–Crippen LogP) is 4.31. The topological polar surface area (TPSA) is 33.2 Å². The lowest BCUT2D eigenvalue weighted by Crippen LogP contribution is -2.26. The molecule has 0 aliphatic rings. The van der Waals surface area contributed by atoms with E-state index in [1.54, 1.807) is 36.2 Å². The van der Waals surface area contributed by atoms with E-state index < -0.39 is 0 Å². The predicted molar refractivity (Wildman–Crippen MR) is 81.5 cm³/mol. The van der Waals surface area contributed by atoms with Crippen molar-refractivity contribution in [2.24, 2.45) is 0 Å². The molecular weight excluding hydrogens is 319 g/mol. The largest absolute Gasteiger partial charge is 0.337 e. The second kappa shape index (κ2) is 6.44. The summed E-state index contributed by atoms with van der Waals surface area (Å²) in [4.78, 5) is 17.7. The summed E-state index contributed by atoms with van der Waals surface area (Å²) in [5.41, 5.74) is 1.38. The van der Waals surface area contributed by atoms with Crippen molar-refractivity contribution in [3.05, 3.63) is 62.9 Å². The SMILES string of the molecule is CN(Cc1ccc(Cl)c(Cl)c1)C(=O)c1ccc(Cl)nc1. The van der Waals surface area contributed by atoms with Crippen LogP contribution in [0, 0.1) is 0 Å². The van der Waals surface area contributed by atoms with Crippen LogP contribution in [0.2, 0.25) is 15.2 Å². The molecule has 0 aliphatic heterocycles. The summed E-state index contributed by atoms with van der Waals surface area (Å²) in [7, 11) is 1.71. The normalized spacial score (nSPS) is 10.4. The zero-order chi connectivity index (χ0) is 14.7. The average molecular weight is 330 g/mol. The molecule has 1 aromatic heterocycles. The first kappa shape index (κ1) is 15.1. The van der Waals surface area contributed by atoms with Crippen LogP contribution in [0.1, 0.15) is 15.9 Å². The maximum Gasteiger partial charge on any atom is 0.255 e. The van der Waals surface area contributed by atoms with Crippen LogP contribution in [0.3, 0.4) is 0 Å². The fourth-order valence-electron chi connectivity index (χ4n) is 1.71. The van der Waals surface area contributed by atoms with E-state index >= 15 is 0 Å². The number of amides is 1. The third kappa shape index (κ3) is 3.63. The van der Waals surface area contributed by atoms with Crippen LogP contribution < -0.4 is 0 Å². The number of halogens is 3. The van der Waals surface area contributed by atoms with Crippen molar-refractivity contribution < 1.29 is 4.79 Å². The lowest BCUT2D eigenvalue weighted by molar-refractivity contribution is 0.0784. The number of aromatic nitrogens is 1. The molecule has 0 aliphatic carbocycles. The Hall–Kier alpha value is -1.29. The minimum absolute atomic E-state index is 0.139. The highest BCUT2D eigenvalue weighted by Gasteiger charge is 2.13. The number of rotatable bonds is 3. The monoisotopic (exact) mass is 328 g/mol. The molecule has 0 atom stereocenters. The highest BCUT2D eigenvalue weighted by atomic mass is 35.5. The molecule has 0 radical (unpaired) electrons. The van der Waals surface area contributed by atoms with E-state index in [0.29, 0.717) is 27.3 Å². The molecule has 1 amide bonds. The Kier molecular flexibility index (Phi) is 4.86. The van der Waals surface area contributed by atoms with E-state index in [-0.39, 0.29) is 5.91 Å². The summed E-state index contributed by atoms with van der Waals surface area (Å²) >= 11 is 17.5. The van der Waals surface area contributed by atoms with Gasteiger partial charge in [-0.3, -0.25) is 4.79 Å². The molecule has 1 heterocycles. The Morgan fingerprint density at radius 1 is 1.15 bits per heavy atom. The smallest absolute Gasteiger partial charge is 0.255 e. The summed E-state index contributed by atoms with van der Waals surface area (Å²) < 4.78 is 0. The summed E-state index contributed by atoms with van der Waals surface area (Å²) in [6.45, 7) is 0.429. The van der Waals surface area contributed by atoms with Crippen LogP contribution in [0.5, 0.6) is 0 Å². The molecule has 0 saturated carbocycles. The van der Waals surface area contributed by atoms with Crippen LogP contribution in [0.15, 0.2) is 36.5 Å². The Morgan fingerprint density at radius 3 is 2.50 bits per heavy atom. The molecular formula is C14H11Cl3N2O. The summed E-state index contributed by atoms with van der Waals surface area (Å²) in [6.07, 6.45) is 1.45. The van der Waals surface area contributed by atoms with Crippen molar-refractivity contribution in [3.8, 4) is 0 Å². The van der Waals surface area contributed by atoms with Crippen molar-refractivity contribution in [1.29, 1.82) is 0 Å². The molecule has 6 heteroatoms. The van der Waals surface area contributed by atoms with Gasteiger partial charge in [0.25, 0.3) is 5.91 Å². The minimum Gasteiger partial charge on any atom is -0.337 e. The van der Waals surface area contributed by atoms with Crippen LogP contribution in [0.4, 0.5) is 0 Å². The summed E-state index contributed by atoms with van der Waals surface area (Å²) in [6, 6.07) is 8.51. The molecule has 2 rings (SSSR count). The molecule has 0 N–H and O–H groups in total. The van der Waals surface area contributed by atoms with Crippen LogP contribution >= 0.6 is 34.8 Å². The lowest BCUT2D eigenvalue weighted by atomic mass is 10.2. The molecule has 2 aromatic rings. The summed E-state index contributed by atoms with van der Waals surface area (Å²) in [5.74, 6) is -0.139. The van der Waals surface area contributed by atoms with Gasteiger partial charge in [0.1, 0.15) is 5.15 Å². The van der Waals surface area contributed by atoms with Crippen LogP contribution in [-0.4, -0.2) is 22.8 Å². The van der Waals surface area contributed by atoms with Crippen molar-refractivity contribution >= 4 is 40.7 Å². The molecule has 0 bridgehead atoms. The maximum absolute atomic E-state index is 12.2. The number of hydrogen-bond donors (Lipinski definition) is 0. The van der Waals surface area contributed by atoms with Crippen molar-refractivity contribution in [2.75, 3.05) is 7.05 Å². The third-order valence-corrected chi connectivity index (χ3v) is 3.69. The van der Waals surface area contributed by atoms with E-state index in [9.17, 15) is 4.79 Å². The number of benzene rings is 1. The van der Waals surface area contributed by atoms with Crippen molar-refractivity contribution in [2.45, 2.75) is 6.54 Å². The number of nitrogens with zero attached hydrogens (tertiary/aromatic N) is 2. The molecule has 0 unspecified atom stereocenters. The Balaban J connectivity index is 2.11. The van der Waals surface area contributed by atoms with E-state index in [4.69, 9.17) is 34.8 Å². The second-order valence-corrected chi connectivity index (χ2v) is 5.48. The van der Waals surface area contributed by atoms with Gasteiger partial charge in [0.05, 0.1) is 15.6 Å². The molecule has 3 nitrogen and oxygen atoms in total. The van der Waals surface area contributed by atoms with Crippen LogP contribution in [-0.2, 0) is 6.54 Å². The van der Waals surface area contributed by atoms with Crippen LogP contribution in [0.25, 0.3) is 0 Å². The third-order valence-electron chi connectivity index (χ3n) is 2.72. The zero-order valence-electron chi connectivity index (χ0n) is 10.6. The Labute approximate surface area is 132 Å². The fraction of sp³-hybridized carbons (Fsp3) is 0.143. The van der Waals surface area contributed by atoms with Gasteiger partial charge in [0.15, 0.2) is 0 Å². The van der Waals surface area contributed by atoms with E-state index in [0.717, 1.165) is 5.56 Å². The molecule has 0 saturated heterocycles. The molecule has 0 fully saturated rings. The summed E-state index contributed by atoms with van der Waals surface area (Å²) in [5, 5.41) is 1.32. The fourth-order valence-corrected chi connectivity index (χ4v) is 2.14. The number of carbonyl (C=O) groups excluding carboxylic acids is 1. The van der Waals surface area contributed by atoms with E-state index in [1.807, 2.05) is 6.07 Å². The standard InChI is InChI=1S/C14H11Cl3N2O/c1-19(8-9-2-4-11(15)12(16)6-9)14(20)10-3-5-13(17)18-7-10/h2-7H,8H2,1H3. The average Bonchev–Trinajstić information content (AvgIpc) is 2.43. The lowest BCUT2D eigenvalue weighted by Gasteiger charge is -2.17. The van der Waals surface area contributed by atoms with Gasteiger partial charge in [-0.25, -0.2) is 4.98 Å². The first-order chi connectivity index (χ1) is 9.47. The van der Waals surface area contributed by atoms with Gasteiger partial charge in [0.2, 0.25) is 0 Å². The molecule has 0 spiro atoms. The van der Waals surface area contributed by atoms with Crippen molar-refractivity contribution in [3.63, 3.8) is 0 Å². The first-order valence-corrected chi connectivity index (χ1v) is 6.91. The van der Waals surface area contributed by atoms with Gasteiger partial charge in [-0.15, -0.1) is 0 Å². The number of hydrogen-bond acceptors (Lipinski definition) is 2. The van der Waals surface area contributed by atoms with Gasteiger partial charge in [0, 0.05) is 19.8 Å². The van der Waals surface area contributed by atoms with Gasteiger partial charge < -0.3 is 4.90 Å². The Bertz CT molecular complexity index is 629. The highest BCUT2D eigenvalue weighted by Crippen LogP contribution is 2.23. The van der Waals surface area contributed by atoms with E-state index in [2.05, 4.69) is 4.98 Å². The van der Waals surface area contributed by atoms with Crippen molar-refractivity contribution in [1.82, 2.24) is 9.88 Å². The second-order valence-electron chi connectivity index (χ2n) is 4.28. The molecule has 20 heavy (non-hydrogen) atoms. The number of pyridine rings is 1. The highest BCUT2D eigenvalue weighted by molar-refractivity contribution is 6.42. The van der Waals surface area contributed by atoms with Gasteiger partial charge in [-0.05, 0) is 29.8 Å². The molecule has 1 aromatic carbocycles. The van der Waals surface area contributed by atoms with Gasteiger partial charge in [-0.1, -0.05) is 40.9 Å². The van der Waals surface area contributed by atoms with Gasteiger partial charge in [-0.2, -0.15) is 0 Å². The zero-order valence-corrected chi connectivity index (χ0v) is 12.9. The number of carbonyl (C=O) groups is 1. The quantitative estimate of drug-likeness (QED) is 0.786. The van der Waals surface area contributed by atoms with Gasteiger partial charge >= 0.3 is 0 Å². The molecule has 104 valence electrons. The minimum atomic E-state index is -0.139. The maximum atomic E-state index is 12.2. The first-order valence-electron chi connectivity index (χ1n) is 5.78.